The first-order valence-electron chi connectivity index (χ1n) is 7.82. The Bertz CT molecular complexity index is 473. The van der Waals surface area contributed by atoms with Crippen molar-refractivity contribution >= 4 is 11.8 Å². The molecule has 2 rings (SSSR count). The molecule has 4 nitrogen and oxygen atoms in total. The molecule has 0 aromatic heterocycles. The Hall–Kier alpha value is -1.84. The molecule has 1 fully saturated rings. The Morgan fingerprint density at radius 3 is 2.71 bits per heavy atom. The van der Waals surface area contributed by atoms with E-state index < -0.39 is 0 Å². The zero-order chi connectivity index (χ0) is 15.1. The number of nitrogens with one attached hydrogen (secondary N) is 1. The Balaban J connectivity index is 1.74. The van der Waals surface area contributed by atoms with Crippen molar-refractivity contribution in [2.24, 2.45) is 0 Å². The number of nitrogens with zero attached hydrogens (tertiary/aromatic N) is 1. The van der Waals surface area contributed by atoms with Gasteiger partial charge in [0, 0.05) is 26.1 Å². The zero-order valence-electron chi connectivity index (χ0n) is 12.7. The first-order valence-corrected chi connectivity index (χ1v) is 7.82. The second-order valence-corrected chi connectivity index (χ2v) is 5.50. The average Bonchev–Trinajstić information content (AvgIpc) is 2.91. The Labute approximate surface area is 126 Å². The van der Waals surface area contributed by atoms with E-state index in [1.165, 1.54) is 0 Å². The fourth-order valence-corrected chi connectivity index (χ4v) is 2.80. The van der Waals surface area contributed by atoms with Crippen molar-refractivity contribution in [1.29, 1.82) is 0 Å². The molecule has 1 aromatic carbocycles. The van der Waals surface area contributed by atoms with Crippen molar-refractivity contribution < 1.29 is 9.59 Å². The van der Waals surface area contributed by atoms with Crippen LogP contribution in [0.25, 0.3) is 0 Å². The number of hydrogen-bond donors (Lipinski definition) is 1. The second kappa shape index (κ2) is 7.81. The van der Waals surface area contributed by atoms with Gasteiger partial charge >= 0.3 is 0 Å². The monoisotopic (exact) mass is 288 g/mol. The van der Waals surface area contributed by atoms with E-state index in [0.717, 1.165) is 37.9 Å². The molecular formula is C17H24N2O2. The Morgan fingerprint density at radius 2 is 2.10 bits per heavy atom. The van der Waals surface area contributed by atoms with Crippen molar-refractivity contribution in [2.75, 3.05) is 19.6 Å². The van der Waals surface area contributed by atoms with E-state index in [9.17, 15) is 9.59 Å². The molecule has 0 bridgehead atoms. The molecule has 1 aromatic rings. The van der Waals surface area contributed by atoms with Crippen LogP contribution in [0.3, 0.4) is 0 Å². The fourth-order valence-electron chi connectivity index (χ4n) is 2.80. The molecule has 1 saturated heterocycles. The molecule has 0 spiro atoms. The lowest BCUT2D eigenvalue weighted by atomic mass is 9.96. The quantitative estimate of drug-likeness (QED) is 0.783. The van der Waals surface area contributed by atoms with Crippen molar-refractivity contribution in [1.82, 2.24) is 10.2 Å². The van der Waals surface area contributed by atoms with Crippen LogP contribution >= 0.6 is 0 Å². The van der Waals surface area contributed by atoms with Crippen molar-refractivity contribution in [3.05, 3.63) is 35.9 Å². The largest absolute Gasteiger partial charge is 0.356 e. The van der Waals surface area contributed by atoms with Crippen molar-refractivity contribution in [2.45, 2.75) is 38.5 Å². The van der Waals surface area contributed by atoms with Crippen molar-refractivity contribution in [3.8, 4) is 0 Å². The van der Waals surface area contributed by atoms with Crippen LogP contribution in [0.4, 0.5) is 0 Å². The standard InChI is InChI=1S/C17H24N2O2/c1-2-15(14-8-4-3-5-9-14)17(21)18-11-7-13-19-12-6-10-16(19)20/h3-5,8-9,15H,2,6-7,10-13H2,1H3,(H,18,21). The molecule has 1 N–H and O–H groups in total. The molecule has 1 heterocycles. The highest BCUT2D eigenvalue weighted by atomic mass is 16.2. The van der Waals surface area contributed by atoms with Gasteiger partial charge in [0.05, 0.1) is 5.92 Å². The number of amides is 2. The number of carbonyl (C=O) groups is 2. The maximum atomic E-state index is 12.2. The molecule has 1 aliphatic heterocycles. The predicted octanol–water partition coefficient (Wildman–Crippen LogP) is 2.31. The maximum Gasteiger partial charge on any atom is 0.227 e. The van der Waals surface area contributed by atoms with Crippen LogP contribution in [0.2, 0.25) is 0 Å². The summed E-state index contributed by atoms with van der Waals surface area (Å²) in [5.41, 5.74) is 1.06. The van der Waals surface area contributed by atoms with E-state index in [0.29, 0.717) is 13.0 Å². The summed E-state index contributed by atoms with van der Waals surface area (Å²) in [6.45, 7) is 4.28. The lowest BCUT2D eigenvalue weighted by Crippen LogP contribution is -2.33. The summed E-state index contributed by atoms with van der Waals surface area (Å²) in [7, 11) is 0. The van der Waals surface area contributed by atoms with E-state index in [1.54, 1.807) is 0 Å². The molecule has 4 heteroatoms. The third kappa shape index (κ3) is 4.31. The summed E-state index contributed by atoms with van der Waals surface area (Å²) in [6, 6.07) is 9.88. The Morgan fingerprint density at radius 1 is 1.33 bits per heavy atom. The topological polar surface area (TPSA) is 49.4 Å². The highest BCUT2D eigenvalue weighted by Gasteiger charge is 2.20. The van der Waals surface area contributed by atoms with Gasteiger partial charge in [-0.3, -0.25) is 9.59 Å². The van der Waals surface area contributed by atoms with Gasteiger partial charge < -0.3 is 10.2 Å². The van der Waals surface area contributed by atoms with Crippen LogP contribution in [0, 0.1) is 0 Å². The summed E-state index contributed by atoms with van der Waals surface area (Å²) in [4.78, 5) is 25.6. The molecule has 2 amide bonds. The lowest BCUT2D eigenvalue weighted by Gasteiger charge is -2.17. The highest BCUT2D eigenvalue weighted by Crippen LogP contribution is 2.19. The third-order valence-corrected chi connectivity index (χ3v) is 4.00. The minimum absolute atomic E-state index is 0.0800. The van der Waals surface area contributed by atoms with Gasteiger partial charge in [0.2, 0.25) is 11.8 Å². The SMILES string of the molecule is CCC(C(=O)NCCCN1CCCC1=O)c1ccccc1. The summed E-state index contributed by atoms with van der Waals surface area (Å²) in [6.07, 6.45) is 3.26. The number of likely N-dealkylation sites (tertiary alicyclic amines) is 1. The van der Waals surface area contributed by atoms with E-state index in [1.807, 2.05) is 42.2 Å². The van der Waals surface area contributed by atoms with Crippen LogP contribution in [0.1, 0.15) is 44.1 Å². The molecule has 0 radical (unpaired) electrons. The number of rotatable bonds is 7. The molecule has 114 valence electrons. The van der Waals surface area contributed by atoms with E-state index in [4.69, 9.17) is 0 Å². The van der Waals surface area contributed by atoms with E-state index in [2.05, 4.69) is 5.32 Å². The van der Waals surface area contributed by atoms with Gasteiger partial charge in [0.1, 0.15) is 0 Å². The molecule has 1 unspecified atom stereocenters. The van der Waals surface area contributed by atoms with Crippen molar-refractivity contribution in [3.63, 3.8) is 0 Å². The van der Waals surface area contributed by atoms with Gasteiger partial charge in [-0.2, -0.15) is 0 Å². The van der Waals surface area contributed by atoms with Crippen LogP contribution in [0.5, 0.6) is 0 Å². The zero-order valence-corrected chi connectivity index (χ0v) is 12.7. The molecule has 0 aliphatic carbocycles. The lowest BCUT2D eigenvalue weighted by molar-refractivity contribution is -0.127. The average molecular weight is 288 g/mol. The van der Waals surface area contributed by atoms with E-state index in [-0.39, 0.29) is 17.7 Å². The first-order chi connectivity index (χ1) is 10.2. The normalized spacial score (nSPS) is 16.0. The molecule has 21 heavy (non-hydrogen) atoms. The van der Waals surface area contributed by atoms with Gasteiger partial charge in [-0.05, 0) is 24.8 Å². The number of carbonyl (C=O) groups excluding carboxylic acids is 2. The van der Waals surface area contributed by atoms with Crippen LogP contribution in [-0.2, 0) is 9.59 Å². The molecule has 1 atom stereocenters. The minimum Gasteiger partial charge on any atom is -0.356 e. The van der Waals surface area contributed by atoms with E-state index >= 15 is 0 Å². The molecule has 1 aliphatic rings. The van der Waals surface area contributed by atoms with Gasteiger partial charge in [0.25, 0.3) is 0 Å². The van der Waals surface area contributed by atoms with Gasteiger partial charge in [-0.15, -0.1) is 0 Å². The number of hydrogen-bond acceptors (Lipinski definition) is 2. The maximum absolute atomic E-state index is 12.2. The van der Waals surface area contributed by atoms with Gasteiger partial charge in [0.15, 0.2) is 0 Å². The highest BCUT2D eigenvalue weighted by molar-refractivity contribution is 5.83. The smallest absolute Gasteiger partial charge is 0.227 e. The van der Waals surface area contributed by atoms with Crippen LogP contribution in [-0.4, -0.2) is 36.3 Å². The molecule has 0 saturated carbocycles. The number of benzene rings is 1. The summed E-state index contributed by atoms with van der Waals surface area (Å²) < 4.78 is 0. The Kier molecular flexibility index (Phi) is 5.78. The predicted molar refractivity (Wildman–Crippen MR) is 82.9 cm³/mol. The molecular weight excluding hydrogens is 264 g/mol. The summed E-state index contributed by atoms with van der Waals surface area (Å²) >= 11 is 0. The minimum atomic E-state index is -0.0837. The third-order valence-electron chi connectivity index (χ3n) is 4.00. The van der Waals surface area contributed by atoms with Crippen LogP contribution in [0.15, 0.2) is 30.3 Å². The van der Waals surface area contributed by atoms with Gasteiger partial charge in [-0.1, -0.05) is 37.3 Å². The van der Waals surface area contributed by atoms with Gasteiger partial charge in [-0.25, -0.2) is 0 Å². The summed E-state index contributed by atoms with van der Waals surface area (Å²) in [5.74, 6) is 0.244. The van der Waals surface area contributed by atoms with Crippen LogP contribution < -0.4 is 5.32 Å². The second-order valence-electron chi connectivity index (χ2n) is 5.50. The fraction of sp³-hybridized carbons (Fsp3) is 0.529. The first kappa shape index (κ1) is 15.5. The summed E-state index contributed by atoms with van der Waals surface area (Å²) in [5, 5.41) is 2.99.